The Kier molecular flexibility index (Phi) is 4.36. The second-order valence-corrected chi connectivity index (χ2v) is 7.92. The molecule has 1 fully saturated rings. The van der Waals surface area contributed by atoms with Gasteiger partial charge in [-0.05, 0) is 23.4 Å². The van der Waals surface area contributed by atoms with E-state index in [1.165, 1.54) is 18.0 Å². The monoisotopic (exact) mass is 414 g/mol. The van der Waals surface area contributed by atoms with Gasteiger partial charge in [0.05, 0.1) is 23.1 Å². The molecule has 4 nitrogen and oxygen atoms in total. The lowest BCUT2D eigenvalue weighted by molar-refractivity contribution is -0.141. The van der Waals surface area contributed by atoms with Gasteiger partial charge >= 0.3 is 6.18 Å². The lowest BCUT2D eigenvalue weighted by Gasteiger charge is -2.10. The van der Waals surface area contributed by atoms with Gasteiger partial charge in [-0.25, -0.2) is 18.7 Å². The highest BCUT2D eigenvalue weighted by Gasteiger charge is 2.57. The van der Waals surface area contributed by atoms with E-state index in [1.807, 2.05) is 6.92 Å². The van der Waals surface area contributed by atoms with Crippen molar-refractivity contribution in [2.24, 2.45) is 7.05 Å². The number of rotatable bonds is 4. The highest BCUT2D eigenvalue weighted by atomic mass is 32.2. The first-order valence-corrected chi connectivity index (χ1v) is 9.51. The van der Waals surface area contributed by atoms with Crippen molar-refractivity contribution in [2.45, 2.75) is 36.3 Å². The molecule has 1 aliphatic carbocycles. The van der Waals surface area contributed by atoms with Gasteiger partial charge in [0.25, 0.3) is 5.92 Å². The highest BCUT2D eigenvalue weighted by molar-refractivity contribution is 7.99. The number of hydrogen-bond donors (Lipinski definition) is 0. The number of halogens is 5. The average molecular weight is 414 g/mol. The second kappa shape index (κ2) is 6.40. The maximum atomic E-state index is 13.4. The maximum Gasteiger partial charge on any atom is 0.433 e. The molecule has 10 heteroatoms. The lowest BCUT2D eigenvalue weighted by atomic mass is 10.1. The molecule has 0 saturated heterocycles. The SMILES string of the molecule is CCSc1cc(C2CC2(F)F)cnc1-c1nc2cc(C(F)(F)F)ncc2n1C. The molecule has 0 aliphatic heterocycles. The number of fused-ring (bicyclic) bond motifs is 1. The van der Waals surface area contributed by atoms with E-state index in [1.54, 1.807) is 17.7 Å². The minimum Gasteiger partial charge on any atom is -0.325 e. The lowest BCUT2D eigenvalue weighted by Crippen LogP contribution is -2.07. The van der Waals surface area contributed by atoms with Crippen LogP contribution in [0.4, 0.5) is 22.0 Å². The number of alkyl halides is 5. The van der Waals surface area contributed by atoms with Crippen LogP contribution in [0.3, 0.4) is 0 Å². The molecule has 1 atom stereocenters. The molecule has 3 aromatic rings. The van der Waals surface area contributed by atoms with Crippen molar-refractivity contribution < 1.29 is 22.0 Å². The smallest absolute Gasteiger partial charge is 0.325 e. The molecule has 1 aliphatic rings. The number of thioether (sulfide) groups is 1. The van der Waals surface area contributed by atoms with Crippen LogP contribution in [0.25, 0.3) is 22.6 Å². The molecule has 0 aromatic carbocycles. The normalized spacial score (nSPS) is 18.6. The third-order valence-corrected chi connectivity index (χ3v) is 5.58. The van der Waals surface area contributed by atoms with E-state index in [4.69, 9.17) is 0 Å². The Bertz CT molecular complexity index is 1060. The first kappa shape index (κ1) is 19.1. The van der Waals surface area contributed by atoms with Crippen LogP contribution in [0.5, 0.6) is 0 Å². The third-order valence-electron chi connectivity index (χ3n) is 4.67. The Hall–Kier alpha value is -2.23. The summed E-state index contributed by atoms with van der Waals surface area (Å²) in [5.74, 6) is -2.48. The van der Waals surface area contributed by atoms with Crippen molar-refractivity contribution in [1.82, 2.24) is 19.5 Å². The fourth-order valence-corrected chi connectivity index (χ4v) is 3.93. The highest BCUT2D eigenvalue weighted by Crippen LogP contribution is 2.56. The molecular formula is C18H15F5N4S. The molecule has 1 saturated carbocycles. The summed E-state index contributed by atoms with van der Waals surface area (Å²) in [6.45, 7) is 1.92. The third kappa shape index (κ3) is 3.23. The molecule has 0 radical (unpaired) electrons. The number of nitrogens with zero attached hydrogens (tertiary/aromatic N) is 4. The molecule has 148 valence electrons. The van der Waals surface area contributed by atoms with Crippen molar-refractivity contribution in [3.63, 3.8) is 0 Å². The first-order chi connectivity index (χ1) is 13.1. The van der Waals surface area contributed by atoms with Crippen molar-refractivity contribution >= 4 is 22.8 Å². The Balaban J connectivity index is 1.81. The summed E-state index contributed by atoms with van der Waals surface area (Å²) in [6, 6.07) is 2.57. The quantitative estimate of drug-likeness (QED) is 0.430. The molecule has 0 bridgehead atoms. The molecule has 28 heavy (non-hydrogen) atoms. The number of aryl methyl sites for hydroxylation is 1. The number of aromatic nitrogens is 4. The maximum absolute atomic E-state index is 13.4. The van der Waals surface area contributed by atoms with E-state index >= 15 is 0 Å². The zero-order valence-corrected chi connectivity index (χ0v) is 15.7. The van der Waals surface area contributed by atoms with Crippen molar-refractivity contribution in [3.05, 3.63) is 35.8 Å². The van der Waals surface area contributed by atoms with Crippen molar-refractivity contribution in [3.8, 4) is 11.5 Å². The summed E-state index contributed by atoms with van der Waals surface area (Å²) in [5, 5.41) is 0. The van der Waals surface area contributed by atoms with Crippen LogP contribution < -0.4 is 0 Å². The van der Waals surface area contributed by atoms with Gasteiger partial charge in [-0.1, -0.05) is 6.92 Å². The fraction of sp³-hybridized carbons (Fsp3) is 0.389. The van der Waals surface area contributed by atoms with E-state index in [-0.39, 0.29) is 11.9 Å². The summed E-state index contributed by atoms with van der Waals surface area (Å²) in [7, 11) is 1.66. The summed E-state index contributed by atoms with van der Waals surface area (Å²) in [4.78, 5) is 12.8. The van der Waals surface area contributed by atoms with Crippen LogP contribution in [0.15, 0.2) is 29.4 Å². The average Bonchev–Trinajstić information content (AvgIpc) is 3.14. The second-order valence-electron chi connectivity index (χ2n) is 6.62. The zero-order chi connectivity index (χ0) is 20.3. The predicted octanol–water partition coefficient (Wildman–Crippen LogP) is 5.28. The van der Waals surface area contributed by atoms with Crippen LogP contribution in [-0.4, -0.2) is 31.2 Å². The molecular weight excluding hydrogens is 399 g/mol. The van der Waals surface area contributed by atoms with Gasteiger partial charge < -0.3 is 4.57 Å². The molecule has 3 aromatic heterocycles. The fourth-order valence-electron chi connectivity index (χ4n) is 3.11. The largest absolute Gasteiger partial charge is 0.433 e. The van der Waals surface area contributed by atoms with E-state index in [0.29, 0.717) is 33.2 Å². The van der Waals surface area contributed by atoms with Gasteiger partial charge in [0, 0.05) is 24.6 Å². The van der Waals surface area contributed by atoms with E-state index in [0.717, 1.165) is 12.3 Å². The van der Waals surface area contributed by atoms with E-state index in [9.17, 15) is 22.0 Å². The van der Waals surface area contributed by atoms with Crippen LogP contribution in [0.2, 0.25) is 0 Å². The Morgan fingerprint density at radius 2 is 1.93 bits per heavy atom. The first-order valence-electron chi connectivity index (χ1n) is 8.52. The summed E-state index contributed by atoms with van der Waals surface area (Å²) in [6.07, 6.45) is -2.23. The molecule has 3 heterocycles. The molecule has 0 spiro atoms. The van der Waals surface area contributed by atoms with Gasteiger partial charge in [-0.3, -0.25) is 4.98 Å². The van der Waals surface area contributed by atoms with Crippen LogP contribution in [-0.2, 0) is 13.2 Å². The van der Waals surface area contributed by atoms with Crippen LogP contribution >= 0.6 is 11.8 Å². The number of hydrogen-bond acceptors (Lipinski definition) is 4. The van der Waals surface area contributed by atoms with Gasteiger partial charge in [0.1, 0.15) is 11.4 Å². The Labute approximate surface area is 161 Å². The summed E-state index contributed by atoms with van der Waals surface area (Å²) >= 11 is 1.43. The minimum atomic E-state index is -4.56. The zero-order valence-electron chi connectivity index (χ0n) is 14.9. The minimum absolute atomic E-state index is 0.145. The van der Waals surface area contributed by atoms with Crippen molar-refractivity contribution in [2.75, 3.05) is 5.75 Å². The Morgan fingerprint density at radius 3 is 2.54 bits per heavy atom. The topological polar surface area (TPSA) is 43.6 Å². The van der Waals surface area contributed by atoms with Crippen LogP contribution in [0, 0.1) is 0 Å². The van der Waals surface area contributed by atoms with E-state index < -0.39 is 23.7 Å². The molecule has 0 N–H and O–H groups in total. The van der Waals surface area contributed by atoms with E-state index in [2.05, 4.69) is 15.0 Å². The molecule has 0 amide bonds. The van der Waals surface area contributed by atoms with Gasteiger partial charge in [0.2, 0.25) is 0 Å². The van der Waals surface area contributed by atoms with Gasteiger partial charge in [-0.15, -0.1) is 11.8 Å². The van der Waals surface area contributed by atoms with Gasteiger partial charge in [0.15, 0.2) is 5.82 Å². The Morgan fingerprint density at radius 1 is 1.21 bits per heavy atom. The molecule has 4 rings (SSSR count). The summed E-state index contributed by atoms with van der Waals surface area (Å²) < 4.78 is 67.2. The summed E-state index contributed by atoms with van der Waals surface area (Å²) in [5.41, 5.74) is 0.463. The number of pyridine rings is 2. The predicted molar refractivity (Wildman–Crippen MR) is 95.4 cm³/mol. The number of imidazole rings is 1. The van der Waals surface area contributed by atoms with Crippen molar-refractivity contribution in [1.29, 1.82) is 0 Å². The van der Waals surface area contributed by atoms with Crippen LogP contribution in [0.1, 0.15) is 30.5 Å². The molecule has 1 unspecified atom stereocenters. The standard InChI is InChI=1S/C18H15F5N4S/c1-3-28-13-4-9(10-6-17(10,19)20)7-25-15(13)16-26-11-5-14(18(21,22)23)24-8-12(11)27(16)2/h4-5,7-8,10H,3,6H2,1-2H3. The van der Waals surface area contributed by atoms with Gasteiger partial charge in [-0.2, -0.15) is 13.2 Å².